The Labute approximate surface area is 105 Å². The molecule has 2 aromatic carbocycles. The normalized spacial score (nSPS) is 22.1. The Morgan fingerprint density at radius 1 is 1.11 bits per heavy atom. The minimum Gasteiger partial charge on any atom is -0.485 e. The van der Waals surface area contributed by atoms with E-state index in [2.05, 4.69) is 0 Å². The molecule has 0 spiro atoms. The van der Waals surface area contributed by atoms with Crippen LogP contribution in [0, 0.1) is 5.82 Å². The lowest BCUT2D eigenvalue weighted by Crippen LogP contribution is -2.24. The number of hydrogen-bond acceptors (Lipinski definition) is 2. The van der Waals surface area contributed by atoms with Crippen LogP contribution in [0.15, 0.2) is 48.5 Å². The molecule has 18 heavy (non-hydrogen) atoms. The minimum absolute atomic E-state index is 0.101. The highest BCUT2D eigenvalue weighted by atomic mass is 19.1. The second-order valence-corrected chi connectivity index (χ2v) is 4.54. The molecule has 1 aliphatic heterocycles. The van der Waals surface area contributed by atoms with Gasteiger partial charge in [-0.05, 0) is 11.6 Å². The third kappa shape index (κ3) is 1.97. The van der Waals surface area contributed by atoms with Crippen molar-refractivity contribution in [2.45, 2.75) is 18.6 Å². The second kappa shape index (κ2) is 4.42. The molecule has 0 saturated heterocycles. The Balaban J connectivity index is 1.96. The molecule has 0 aliphatic carbocycles. The zero-order valence-electron chi connectivity index (χ0n) is 9.84. The van der Waals surface area contributed by atoms with E-state index in [4.69, 9.17) is 10.5 Å². The van der Waals surface area contributed by atoms with Crippen LogP contribution in [0.25, 0.3) is 0 Å². The molecule has 0 aromatic heterocycles. The van der Waals surface area contributed by atoms with Crippen LogP contribution in [-0.4, -0.2) is 0 Å². The minimum atomic E-state index is -0.297. The Bertz CT molecular complexity index is 556. The highest BCUT2D eigenvalue weighted by Gasteiger charge is 2.27. The average molecular weight is 243 g/mol. The van der Waals surface area contributed by atoms with Crippen molar-refractivity contribution in [2.75, 3.05) is 0 Å². The average Bonchev–Trinajstić information content (AvgIpc) is 2.39. The van der Waals surface area contributed by atoms with Crippen LogP contribution in [0.4, 0.5) is 4.39 Å². The third-order valence-corrected chi connectivity index (χ3v) is 3.28. The first-order valence-corrected chi connectivity index (χ1v) is 6.00. The molecule has 0 bridgehead atoms. The van der Waals surface area contributed by atoms with Gasteiger partial charge in [0.05, 0.1) is 0 Å². The van der Waals surface area contributed by atoms with Gasteiger partial charge < -0.3 is 10.5 Å². The Morgan fingerprint density at radius 3 is 2.67 bits per heavy atom. The smallest absolute Gasteiger partial charge is 0.127 e. The molecule has 2 atom stereocenters. The summed E-state index contributed by atoms with van der Waals surface area (Å²) in [6.45, 7) is 0. The Kier molecular flexibility index (Phi) is 2.76. The number of rotatable bonds is 1. The molecule has 0 fully saturated rings. The molecule has 3 heteroatoms. The van der Waals surface area contributed by atoms with Crippen molar-refractivity contribution in [1.29, 1.82) is 0 Å². The van der Waals surface area contributed by atoms with Gasteiger partial charge in [-0.25, -0.2) is 4.39 Å². The molecule has 1 aliphatic rings. The van der Waals surface area contributed by atoms with E-state index < -0.39 is 0 Å². The van der Waals surface area contributed by atoms with Crippen molar-refractivity contribution in [3.05, 3.63) is 65.5 Å². The van der Waals surface area contributed by atoms with E-state index in [0.29, 0.717) is 12.2 Å². The molecule has 2 unspecified atom stereocenters. The Hall–Kier alpha value is -1.87. The van der Waals surface area contributed by atoms with Crippen molar-refractivity contribution in [3.8, 4) is 5.75 Å². The van der Waals surface area contributed by atoms with E-state index in [1.54, 1.807) is 6.07 Å². The van der Waals surface area contributed by atoms with Gasteiger partial charge >= 0.3 is 0 Å². The number of fused-ring (bicyclic) bond motifs is 1. The molecule has 1 heterocycles. The lowest BCUT2D eigenvalue weighted by molar-refractivity contribution is 0.161. The SMILES string of the molecule is NC1CC(c2ccccc2)Oc2cc(F)ccc21. The van der Waals surface area contributed by atoms with Gasteiger partial charge in [0.1, 0.15) is 17.7 Å². The summed E-state index contributed by atoms with van der Waals surface area (Å²) in [5.41, 5.74) is 8.07. The van der Waals surface area contributed by atoms with Crippen LogP contribution in [0.2, 0.25) is 0 Å². The third-order valence-electron chi connectivity index (χ3n) is 3.28. The summed E-state index contributed by atoms with van der Waals surface area (Å²) < 4.78 is 19.1. The maximum absolute atomic E-state index is 13.2. The predicted octanol–water partition coefficient (Wildman–Crippen LogP) is 3.35. The van der Waals surface area contributed by atoms with Gasteiger partial charge in [0.15, 0.2) is 0 Å². The van der Waals surface area contributed by atoms with Gasteiger partial charge in [-0.1, -0.05) is 36.4 Å². The highest BCUT2D eigenvalue weighted by molar-refractivity contribution is 5.39. The van der Waals surface area contributed by atoms with Crippen LogP contribution in [0.3, 0.4) is 0 Å². The summed E-state index contributed by atoms with van der Waals surface area (Å²) in [4.78, 5) is 0. The van der Waals surface area contributed by atoms with Crippen LogP contribution < -0.4 is 10.5 Å². The van der Waals surface area contributed by atoms with E-state index >= 15 is 0 Å². The number of hydrogen-bond donors (Lipinski definition) is 1. The van der Waals surface area contributed by atoms with Gasteiger partial charge in [-0.15, -0.1) is 0 Å². The molecule has 0 amide bonds. The van der Waals surface area contributed by atoms with Crippen LogP contribution >= 0.6 is 0 Å². The zero-order chi connectivity index (χ0) is 12.5. The highest BCUT2D eigenvalue weighted by Crippen LogP contribution is 2.39. The largest absolute Gasteiger partial charge is 0.485 e. The van der Waals surface area contributed by atoms with Crippen LogP contribution in [-0.2, 0) is 0 Å². The summed E-state index contributed by atoms with van der Waals surface area (Å²) in [6, 6.07) is 14.3. The molecule has 0 saturated carbocycles. The molecular weight excluding hydrogens is 229 g/mol. The summed E-state index contributed by atoms with van der Waals surface area (Å²) in [5, 5.41) is 0. The van der Waals surface area contributed by atoms with Gasteiger partial charge in [-0.2, -0.15) is 0 Å². The molecule has 92 valence electrons. The fourth-order valence-corrected chi connectivity index (χ4v) is 2.35. The van der Waals surface area contributed by atoms with Gasteiger partial charge in [-0.3, -0.25) is 0 Å². The molecule has 2 nitrogen and oxygen atoms in total. The lowest BCUT2D eigenvalue weighted by Gasteiger charge is -2.30. The summed E-state index contributed by atoms with van der Waals surface area (Å²) in [5.74, 6) is 0.261. The van der Waals surface area contributed by atoms with Gasteiger partial charge in [0.25, 0.3) is 0 Å². The number of ether oxygens (including phenoxy) is 1. The fourth-order valence-electron chi connectivity index (χ4n) is 2.35. The fraction of sp³-hybridized carbons (Fsp3) is 0.200. The Morgan fingerprint density at radius 2 is 1.89 bits per heavy atom. The van der Waals surface area contributed by atoms with E-state index in [1.165, 1.54) is 12.1 Å². The van der Waals surface area contributed by atoms with Crippen molar-refractivity contribution >= 4 is 0 Å². The number of nitrogens with two attached hydrogens (primary N) is 1. The molecule has 2 N–H and O–H groups in total. The zero-order valence-corrected chi connectivity index (χ0v) is 9.84. The maximum Gasteiger partial charge on any atom is 0.127 e. The van der Waals surface area contributed by atoms with Crippen molar-refractivity contribution in [3.63, 3.8) is 0 Å². The monoisotopic (exact) mass is 243 g/mol. The standard InChI is InChI=1S/C15H14FNO/c16-11-6-7-12-13(17)9-14(18-15(12)8-11)10-4-2-1-3-5-10/h1-8,13-14H,9,17H2. The second-order valence-electron chi connectivity index (χ2n) is 4.54. The lowest BCUT2D eigenvalue weighted by atomic mass is 9.93. The summed E-state index contributed by atoms with van der Waals surface area (Å²) in [7, 11) is 0. The van der Waals surface area contributed by atoms with Crippen LogP contribution in [0.5, 0.6) is 5.75 Å². The molecule has 0 radical (unpaired) electrons. The molecular formula is C15H14FNO. The quantitative estimate of drug-likeness (QED) is 0.833. The first-order chi connectivity index (χ1) is 8.74. The van der Waals surface area contributed by atoms with E-state index in [9.17, 15) is 4.39 Å². The topological polar surface area (TPSA) is 35.2 Å². The van der Waals surface area contributed by atoms with Crippen molar-refractivity contribution < 1.29 is 9.13 Å². The van der Waals surface area contributed by atoms with E-state index in [1.807, 2.05) is 30.3 Å². The van der Waals surface area contributed by atoms with E-state index in [-0.39, 0.29) is 18.0 Å². The number of benzene rings is 2. The number of halogens is 1. The van der Waals surface area contributed by atoms with Crippen molar-refractivity contribution in [1.82, 2.24) is 0 Å². The first-order valence-electron chi connectivity index (χ1n) is 6.00. The summed E-state index contributed by atoms with van der Waals surface area (Å²) in [6.07, 6.45) is 0.610. The van der Waals surface area contributed by atoms with Crippen LogP contribution in [0.1, 0.15) is 29.7 Å². The first kappa shape index (κ1) is 11.2. The van der Waals surface area contributed by atoms with Gasteiger partial charge in [0.2, 0.25) is 0 Å². The van der Waals surface area contributed by atoms with Gasteiger partial charge in [0, 0.05) is 24.1 Å². The van der Waals surface area contributed by atoms with Crippen molar-refractivity contribution in [2.24, 2.45) is 5.73 Å². The molecule has 3 rings (SSSR count). The van der Waals surface area contributed by atoms with E-state index in [0.717, 1.165) is 11.1 Å². The maximum atomic E-state index is 13.2. The predicted molar refractivity (Wildman–Crippen MR) is 67.8 cm³/mol. The summed E-state index contributed by atoms with van der Waals surface area (Å²) >= 11 is 0. The molecule has 2 aromatic rings.